The molecule has 2 amide bonds. The van der Waals surface area contributed by atoms with Crippen molar-refractivity contribution in [2.24, 2.45) is 0 Å². The number of benzene rings is 3. The standard InChI is InChI=1S/C37H47N3O4/c1-5-6-24-39(2)36(42)16-12-7-8-13-23-38-35(41)26-33-32-25-31(44-4)21-22-34(32)40(27-28-14-10-9-11-15-28)37(33)29-17-19-30(43-3)20-18-29/h9-11,14-15,17-22,25H,5-8,12-13,16,23-24,26-27H2,1-4H3,(H,38,41). The van der Waals surface area contributed by atoms with Crippen molar-refractivity contribution in [2.45, 2.75) is 64.8 Å². The summed E-state index contributed by atoms with van der Waals surface area (Å²) in [5, 5.41) is 4.16. The Morgan fingerprint density at radius 2 is 1.55 bits per heavy atom. The molecule has 0 unspecified atom stereocenters. The van der Waals surface area contributed by atoms with Crippen LogP contribution < -0.4 is 14.8 Å². The predicted molar refractivity (Wildman–Crippen MR) is 178 cm³/mol. The van der Waals surface area contributed by atoms with E-state index >= 15 is 0 Å². The van der Waals surface area contributed by atoms with Crippen LogP contribution in [0, 0.1) is 0 Å². The molecular weight excluding hydrogens is 550 g/mol. The van der Waals surface area contributed by atoms with E-state index in [9.17, 15) is 9.59 Å². The minimum absolute atomic E-state index is 0.00549. The average Bonchev–Trinajstić information content (AvgIpc) is 3.34. The van der Waals surface area contributed by atoms with Gasteiger partial charge in [0.1, 0.15) is 11.5 Å². The number of carbonyl (C=O) groups excluding carboxylic acids is 2. The lowest BCUT2D eigenvalue weighted by molar-refractivity contribution is -0.130. The Balaban J connectivity index is 1.48. The highest BCUT2D eigenvalue weighted by atomic mass is 16.5. The van der Waals surface area contributed by atoms with Crippen LogP contribution >= 0.6 is 0 Å². The number of aromatic nitrogens is 1. The molecule has 4 rings (SSSR count). The summed E-state index contributed by atoms with van der Waals surface area (Å²) in [6, 6.07) is 24.5. The molecule has 0 atom stereocenters. The second-order valence-electron chi connectivity index (χ2n) is 11.4. The number of ether oxygens (including phenoxy) is 2. The van der Waals surface area contributed by atoms with Gasteiger partial charge < -0.3 is 24.3 Å². The van der Waals surface area contributed by atoms with E-state index in [4.69, 9.17) is 9.47 Å². The Hall–Kier alpha value is -4.26. The molecule has 0 spiro atoms. The molecule has 4 aromatic rings. The third-order valence-electron chi connectivity index (χ3n) is 8.17. The fraction of sp³-hybridized carbons (Fsp3) is 0.405. The lowest BCUT2D eigenvalue weighted by Gasteiger charge is -2.16. The van der Waals surface area contributed by atoms with Gasteiger partial charge in [-0.15, -0.1) is 0 Å². The molecule has 7 heteroatoms. The largest absolute Gasteiger partial charge is 0.497 e. The van der Waals surface area contributed by atoms with E-state index in [2.05, 4.69) is 59.3 Å². The number of nitrogens with one attached hydrogen (secondary N) is 1. The zero-order valence-electron chi connectivity index (χ0n) is 26.7. The second-order valence-corrected chi connectivity index (χ2v) is 11.4. The van der Waals surface area contributed by atoms with Crippen molar-refractivity contribution < 1.29 is 19.1 Å². The van der Waals surface area contributed by atoms with Gasteiger partial charge in [-0.2, -0.15) is 0 Å². The van der Waals surface area contributed by atoms with Gasteiger partial charge in [-0.05, 0) is 78.4 Å². The maximum atomic E-state index is 13.4. The predicted octanol–water partition coefficient (Wildman–Crippen LogP) is 7.24. The topological polar surface area (TPSA) is 72.8 Å². The molecular formula is C37H47N3O4. The summed E-state index contributed by atoms with van der Waals surface area (Å²) in [4.78, 5) is 27.5. The van der Waals surface area contributed by atoms with Crippen LogP contribution in [0.2, 0.25) is 0 Å². The average molecular weight is 598 g/mol. The number of amides is 2. The summed E-state index contributed by atoms with van der Waals surface area (Å²) >= 11 is 0. The van der Waals surface area contributed by atoms with E-state index in [1.165, 1.54) is 5.56 Å². The van der Waals surface area contributed by atoms with Crippen LogP contribution in [0.3, 0.4) is 0 Å². The lowest BCUT2D eigenvalue weighted by Crippen LogP contribution is -2.27. The van der Waals surface area contributed by atoms with Crippen LogP contribution in [0.15, 0.2) is 72.8 Å². The molecule has 0 aliphatic heterocycles. The number of unbranched alkanes of at least 4 members (excludes halogenated alkanes) is 4. The first kappa shape index (κ1) is 32.6. The van der Waals surface area contributed by atoms with Gasteiger partial charge in [0.05, 0.1) is 26.3 Å². The normalized spacial score (nSPS) is 11.0. The van der Waals surface area contributed by atoms with Crippen LogP contribution in [-0.2, 0) is 22.6 Å². The molecule has 0 aliphatic rings. The Morgan fingerprint density at radius 1 is 0.841 bits per heavy atom. The molecule has 1 N–H and O–H groups in total. The molecule has 1 heterocycles. The Bertz CT molecular complexity index is 1490. The number of rotatable bonds is 17. The van der Waals surface area contributed by atoms with Gasteiger partial charge >= 0.3 is 0 Å². The molecule has 0 fully saturated rings. The van der Waals surface area contributed by atoms with Crippen LogP contribution in [0.5, 0.6) is 11.5 Å². The highest BCUT2D eigenvalue weighted by Gasteiger charge is 2.22. The summed E-state index contributed by atoms with van der Waals surface area (Å²) in [5.74, 6) is 1.76. The van der Waals surface area contributed by atoms with Gasteiger partial charge in [0.2, 0.25) is 11.8 Å². The molecule has 0 radical (unpaired) electrons. The van der Waals surface area contributed by atoms with Crippen LogP contribution in [0.25, 0.3) is 22.2 Å². The van der Waals surface area contributed by atoms with E-state index < -0.39 is 0 Å². The number of methoxy groups -OCH3 is 2. The highest BCUT2D eigenvalue weighted by molar-refractivity contribution is 5.96. The van der Waals surface area contributed by atoms with Gasteiger partial charge in [0.15, 0.2) is 0 Å². The van der Waals surface area contributed by atoms with E-state index in [1.54, 1.807) is 14.2 Å². The zero-order chi connectivity index (χ0) is 31.3. The van der Waals surface area contributed by atoms with Crippen molar-refractivity contribution in [2.75, 3.05) is 34.4 Å². The Kier molecular flexibility index (Phi) is 12.3. The van der Waals surface area contributed by atoms with Crippen molar-refractivity contribution in [1.82, 2.24) is 14.8 Å². The first-order valence-electron chi connectivity index (χ1n) is 15.8. The summed E-state index contributed by atoms with van der Waals surface area (Å²) in [7, 11) is 5.22. The van der Waals surface area contributed by atoms with Crippen LogP contribution in [0.1, 0.15) is 63.0 Å². The maximum absolute atomic E-state index is 13.4. The van der Waals surface area contributed by atoms with Crippen molar-refractivity contribution in [1.29, 1.82) is 0 Å². The van der Waals surface area contributed by atoms with Crippen molar-refractivity contribution >= 4 is 22.7 Å². The molecule has 44 heavy (non-hydrogen) atoms. The quantitative estimate of drug-likeness (QED) is 0.130. The first-order valence-corrected chi connectivity index (χ1v) is 15.8. The fourth-order valence-electron chi connectivity index (χ4n) is 5.63. The highest BCUT2D eigenvalue weighted by Crippen LogP contribution is 2.37. The number of fused-ring (bicyclic) bond motifs is 1. The van der Waals surface area contributed by atoms with Crippen LogP contribution in [-0.4, -0.2) is 55.6 Å². The molecule has 3 aromatic carbocycles. The van der Waals surface area contributed by atoms with E-state index in [-0.39, 0.29) is 18.2 Å². The lowest BCUT2D eigenvalue weighted by atomic mass is 10.0. The molecule has 234 valence electrons. The van der Waals surface area contributed by atoms with Crippen molar-refractivity contribution in [3.8, 4) is 22.8 Å². The Morgan fingerprint density at radius 3 is 2.25 bits per heavy atom. The summed E-state index contributed by atoms with van der Waals surface area (Å²) < 4.78 is 13.3. The van der Waals surface area contributed by atoms with Gasteiger partial charge in [0, 0.05) is 44.0 Å². The van der Waals surface area contributed by atoms with E-state index in [0.29, 0.717) is 19.5 Å². The molecule has 7 nitrogen and oxygen atoms in total. The van der Waals surface area contributed by atoms with E-state index in [0.717, 1.165) is 84.3 Å². The number of hydrogen-bond acceptors (Lipinski definition) is 4. The molecule has 0 bridgehead atoms. The van der Waals surface area contributed by atoms with Gasteiger partial charge in [0.25, 0.3) is 0 Å². The monoisotopic (exact) mass is 597 g/mol. The minimum atomic E-state index is -0.00549. The van der Waals surface area contributed by atoms with Crippen LogP contribution in [0.4, 0.5) is 0 Å². The summed E-state index contributed by atoms with van der Waals surface area (Å²) in [6.07, 6.45) is 6.73. The van der Waals surface area contributed by atoms with Gasteiger partial charge in [-0.25, -0.2) is 0 Å². The minimum Gasteiger partial charge on any atom is -0.497 e. The second kappa shape index (κ2) is 16.6. The van der Waals surface area contributed by atoms with Crippen molar-refractivity contribution in [3.05, 3.63) is 83.9 Å². The molecule has 0 saturated heterocycles. The third-order valence-corrected chi connectivity index (χ3v) is 8.17. The third kappa shape index (κ3) is 8.65. The number of carbonyl (C=O) groups is 2. The first-order chi connectivity index (χ1) is 21.4. The zero-order valence-corrected chi connectivity index (χ0v) is 26.7. The van der Waals surface area contributed by atoms with Gasteiger partial charge in [-0.1, -0.05) is 56.5 Å². The fourth-order valence-corrected chi connectivity index (χ4v) is 5.63. The Labute approximate surface area is 262 Å². The van der Waals surface area contributed by atoms with E-state index in [1.807, 2.05) is 42.3 Å². The number of nitrogens with zero attached hydrogens (tertiary/aromatic N) is 2. The molecule has 0 saturated carbocycles. The summed E-state index contributed by atoms with van der Waals surface area (Å²) in [6.45, 7) is 4.26. The molecule has 1 aromatic heterocycles. The SMILES string of the molecule is CCCCN(C)C(=O)CCCCCCNC(=O)Cc1c(-c2ccc(OC)cc2)n(Cc2ccccc2)c2ccc(OC)cc12. The number of hydrogen-bond donors (Lipinski definition) is 1. The van der Waals surface area contributed by atoms with Gasteiger partial charge in [-0.3, -0.25) is 9.59 Å². The van der Waals surface area contributed by atoms with Crippen molar-refractivity contribution in [3.63, 3.8) is 0 Å². The summed E-state index contributed by atoms with van der Waals surface area (Å²) in [5.41, 5.74) is 5.25. The molecule has 0 aliphatic carbocycles. The maximum Gasteiger partial charge on any atom is 0.224 e. The smallest absolute Gasteiger partial charge is 0.224 e.